The molecule has 3 aromatic rings. The minimum Gasteiger partial charge on any atom is -0.345 e. The first-order chi connectivity index (χ1) is 7.84. The first-order valence-corrected chi connectivity index (χ1v) is 4.68. The van der Waals surface area contributed by atoms with Crippen molar-refractivity contribution in [3.63, 3.8) is 0 Å². The molecule has 6 nitrogen and oxygen atoms in total. The number of hydrogen-bond donors (Lipinski definition) is 2. The highest BCUT2D eigenvalue weighted by atomic mass is 16.1. The number of nitrogens with one attached hydrogen (secondary N) is 2. The molecule has 0 bridgehead atoms. The Morgan fingerprint density at radius 2 is 2.19 bits per heavy atom. The summed E-state index contributed by atoms with van der Waals surface area (Å²) in [4.78, 5) is 22.8. The van der Waals surface area contributed by atoms with Crippen molar-refractivity contribution in [3.8, 4) is 11.3 Å². The third-order valence-corrected chi connectivity index (χ3v) is 2.25. The molecule has 0 aromatic carbocycles. The van der Waals surface area contributed by atoms with E-state index in [9.17, 15) is 4.79 Å². The largest absolute Gasteiger partial charge is 0.345 e. The van der Waals surface area contributed by atoms with Gasteiger partial charge in [0.1, 0.15) is 0 Å². The SMILES string of the molecule is O=c1cc[nH]c2ncc(-c3cn[nH]c3)nc12. The van der Waals surface area contributed by atoms with Crippen LogP contribution in [0.2, 0.25) is 0 Å². The molecule has 0 fully saturated rings. The van der Waals surface area contributed by atoms with Gasteiger partial charge in [-0.1, -0.05) is 0 Å². The molecule has 0 aliphatic carbocycles. The summed E-state index contributed by atoms with van der Waals surface area (Å²) in [5.41, 5.74) is 2.10. The van der Waals surface area contributed by atoms with E-state index in [1.165, 1.54) is 6.07 Å². The molecule has 16 heavy (non-hydrogen) atoms. The molecule has 0 spiro atoms. The van der Waals surface area contributed by atoms with Crippen molar-refractivity contribution >= 4 is 11.2 Å². The van der Waals surface area contributed by atoms with Gasteiger partial charge in [0.2, 0.25) is 5.43 Å². The molecule has 0 unspecified atom stereocenters. The van der Waals surface area contributed by atoms with E-state index in [2.05, 4.69) is 25.1 Å². The Bertz CT molecular complexity index is 686. The molecule has 0 aliphatic rings. The Kier molecular flexibility index (Phi) is 1.79. The second-order valence-corrected chi connectivity index (χ2v) is 3.28. The van der Waals surface area contributed by atoms with Crippen LogP contribution in [0.4, 0.5) is 0 Å². The van der Waals surface area contributed by atoms with Gasteiger partial charge < -0.3 is 4.98 Å². The fourth-order valence-corrected chi connectivity index (χ4v) is 1.47. The van der Waals surface area contributed by atoms with Gasteiger partial charge in [0.15, 0.2) is 11.2 Å². The summed E-state index contributed by atoms with van der Waals surface area (Å²) < 4.78 is 0. The number of nitrogens with zero attached hydrogens (tertiary/aromatic N) is 3. The van der Waals surface area contributed by atoms with Gasteiger partial charge in [-0.2, -0.15) is 5.10 Å². The van der Waals surface area contributed by atoms with Gasteiger partial charge in [-0.25, -0.2) is 9.97 Å². The van der Waals surface area contributed by atoms with E-state index in [1.54, 1.807) is 24.8 Å². The van der Waals surface area contributed by atoms with E-state index in [0.29, 0.717) is 16.9 Å². The number of pyridine rings is 1. The minimum atomic E-state index is -0.147. The lowest BCUT2D eigenvalue weighted by atomic mass is 10.2. The molecule has 0 saturated carbocycles. The van der Waals surface area contributed by atoms with E-state index in [1.807, 2.05) is 0 Å². The summed E-state index contributed by atoms with van der Waals surface area (Å²) in [7, 11) is 0. The molecule has 3 rings (SSSR count). The van der Waals surface area contributed by atoms with Gasteiger partial charge in [0.05, 0.1) is 18.1 Å². The van der Waals surface area contributed by atoms with E-state index in [-0.39, 0.29) is 5.43 Å². The van der Waals surface area contributed by atoms with Crippen LogP contribution in [0.15, 0.2) is 35.6 Å². The van der Waals surface area contributed by atoms with Crippen LogP contribution in [0.1, 0.15) is 0 Å². The predicted octanol–water partition coefficient (Wildman–Crippen LogP) is 0.708. The van der Waals surface area contributed by atoms with Crippen molar-refractivity contribution in [2.45, 2.75) is 0 Å². The maximum Gasteiger partial charge on any atom is 0.209 e. The van der Waals surface area contributed by atoms with Gasteiger partial charge in [-0.3, -0.25) is 9.89 Å². The molecule has 0 atom stereocenters. The topological polar surface area (TPSA) is 87.3 Å². The number of fused-ring (bicyclic) bond motifs is 1. The lowest BCUT2D eigenvalue weighted by molar-refractivity contribution is 1.09. The molecule has 78 valence electrons. The zero-order valence-electron chi connectivity index (χ0n) is 8.14. The fraction of sp³-hybridized carbons (Fsp3) is 0. The van der Waals surface area contributed by atoms with E-state index >= 15 is 0 Å². The van der Waals surface area contributed by atoms with E-state index in [0.717, 1.165) is 5.56 Å². The van der Waals surface area contributed by atoms with Crippen molar-refractivity contribution < 1.29 is 0 Å². The molecule has 2 N–H and O–H groups in total. The first-order valence-electron chi connectivity index (χ1n) is 4.68. The normalized spacial score (nSPS) is 10.8. The van der Waals surface area contributed by atoms with Crippen LogP contribution in [0, 0.1) is 0 Å². The summed E-state index contributed by atoms with van der Waals surface area (Å²) in [5.74, 6) is 0. The maximum atomic E-state index is 11.6. The van der Waals surface area contributed by atoms with Crippen molar-refractivity contribution in [2.24, 2.45) is 0 Å². The van der Waals surface area contributed by atoms with Crippen molar-refractivity contribution in [1.29, 1.82) is 0 Å². The van der Waals surface area contributed by atoms with Gasteiger partial charge >= 0.3 is 0 Å². The molecule has 0 radical (unpaired) electrons. The zero-order chi connectivity index (χ0) is 11.0. The Balaban J connectivity index is 2.31. The number of aromatic nitrogens is 5. The minimum absolute atomic E-state index is 0.147. The van der Waals surface area contributed by atoms with Crippen LogP contribution in [-0.4, -0.2) is 25.1 Å². The summed E-state index contributed by atoms with van der Waals surface area (Å²) in [6.07, 6.45) is 6.49. The van der Waals surface area contributed by atoms with Gasteiger partial charge in [-0.05, 0) is 0 Å². The highest BCUT2D eigenvalue weighted by Gasteiger charge is 2.05. The van der Waals surface area contributed by atoms with Crippen molar-refractivity contribution in [3.05, 3.63) is 41.1 Å². The van der Waals surface area contributed by atoms with E-state index < -0.39 is 0 Å². The molecule has 6 heteroatoms. The van der Waals surface area contributed by atoms with Crippen LogP contribution in [0.3, 0.4) is 0 Å². The highest BCUT2D eigenvalue weighted by Crippen LogP contribution is 2.14. The first kappa shape index (κ1) is 8.78. The molecule has 3 aromatic heterocycles. The molecular formula is C10H7N5O. The van der Waals surface area contributed by atoms with Crippen molar-refractivity contribution in [2.75, 3.05) is 0 Å². The van der Waals surface area contributed by atoms with E-state index in [4.69, 9.17) is 0 Å². The predicted molar refractivity (Wildman–Crippen MR) is 57.7 cm³/mol. The number of aromatic amines is 2. The molecule has 0 aliphatic heterocycles. The Morgan fingerprint density at radius 1 is 1.25 bits per heavy atom. The third-order valence-electron chi connectivity index (χ3n) is 2.25. The lowest BCUT2D eigenvalue weighted by Crippen LogP contribution is -2.04. The Morgan fingerprint density at radius 3 is 3.00 bits per heavy atom. The van der Waals surface area contributed by atoms with Crippen LogP contribution >= 0.6 is 0 Å². The van der Waals surface area contributed by atoms with Crippen LogP contribution < -0.4 is 5.43 Å². The second-order valence-electron chi connectivity index (χ2n) is 3.28. The summed E-state index contributed by atoms with van der Waals surface area (Å²) in [6.45, 7) is 0. The molecule has 3 heterocycles. The standard InChI is InChI=1S/C10H7N5O/c16-8-1-2-11-10-9(8)15-7(5-12-10)6-3-13-14-4-6/h1-5H,(H,13,14)(H,11,12,16). The molecular weight excluding hydrogens is 206 g/mol. The molecule has 0 saturated heterocycles. The van der Waals surface area contributed by atoms with Gasteiger partial charge in [0, 0.05) is 24.0 Å². The average molecular weight is 213 g/mol. The Labute approximate surface area is 89.4 Å². The highest BCUT2D eigenvalue weighted by molar-refractivity contribution is 5.72. The lowest BCUT2D eigenvalue weighted by Gasteiger charge is -1.98. The maximum absolute atomic E-state index is 11.6. The third kappa shape index (κ3) is 1.28. The Hall–Kier alpha value is -2.50. The van der Waals surface area contributed by atoms with Crippen molar-refractivity contribution in [1.82, 2.24) is 25.1 Å². The second kappa shape index (κ2) is 3.27. The summed E-state index contributed by atoms with van der Waals surface area (Å²) in [6, 6.07) is 1.43. The van der Waals surface area contributed by atoms with Crippen LogP contribution in [0.5, 0.6) is 0 Å². The average Bonchev–Trinajstić information content (AvgIpc) is 2.83. The number of hydrogen-bond acceptors (Lipinski definition) is 4. The quantitative estimate of drug-likeness (QED) is 0.623. The monoisotopic (exact) mass is 213 g/mol. The number of H-pyrrole nitrogens is 2. The van der Waals surface area contributed by atoms with Crippen LogP contribution in [-0.2, 0) is 0 Å². The summed E-state index contributed by atoms with van der Waals surface area (Å²) in [5, 5.41) is 6.51. The van der Waals surface area contributed by atoms with Gasteiger partial charge in [0.25, 0.3) is 0 Å². The number of rotatable bonds is 1. The fourth-order valence-electron chi connectivity index (χ4n) is 1.47. The van der Waals surface area contributed by atoms with Gasteiger partial charge in [-0.15, -0.1) is 0 Å². The molecule has 0 amide bonds. The summed E-state index contributed by atoms with van der Waals surface area (Å²) >= 11 is 0. The zero-order valence-corrected chi connectivity index (χ0v) is 8.14. The van der Waals surface area contributed by atoms with Crippen LogP contribution in [0.25, 0.3) is 22.4 Å². The smallest absolute Gasteiger partial charge is 0.209 e.